The maximum absolute atomic E-state index is 12.0. The van der Waals surface area contributed by atoms with E-state index in [-0.39, 0.29) is 5.78 Å². The number of Topliss-reactive ketones (excluding diaryl/α,β-unsaturated/α-hetero) is 1. The summed E-state index contributed by atoms with van der Waals surface area (Å²) in [5, 5.41) is 2.62. The zero-order chi connectivity index (χ0) is 17.0. The van der Waals surface area contributed by atoms with Gasteiger partial charge in [-0.25, -0.2) is 4.79 Å². The standard InChI is InChI=1S/C16H14ClNO4S/c1-9(19)11-3-5-12(6-4-11)18-15(20)10(2)22-16(21)13-7-8-14(17)23-13/h3-8,10H,1-2H3,(H,18,20)/t10-/m1/s1. The van der Waals surface area contributed by atoms with Gasteiger partial charge >= 0.3 is 5.97 Å². The molecule has 0 saturated carbocycles. The van der Waals surface area contributed by atoms with E-state index in [0.29, 0.717) is 20.5 Å². The van der Waals surface area contributed by atoms with Crippen molar-refractivity contribution < 1.29 is 19.1 Å². The second-order valence-corrected chi connectivity index (χ2v) is 6.49. The van der Waals surface area contributed by atoms with Gasteiger partial charge in [0.05, 0.1) is 4.34 Å². The summed E-state index contributed by atoms with van der Waals surface area (Å²) >= 11 is 6.84. The van der Waals surface area contributed by atoms with E-state index in [1.54, 1.807) is 36.4 Å². The van der Waals surface area contributed by atoms with Crippen LogP contribution in [0.2, 0.25) is 4.34 Å². The number of hydrogen-bond donors (Lipinski definition) is 1. The molecule has 0 fully saturated rings. The van der Waals surface area contributed by atoms with Crippen LogP contribution in [0.25, 0.3) is 0 Å². The van der Waals surface area contributed by atoms with Crippen LogP contribution in [-0.4, -0.2) is 23.8 Å². The van der Waals surface area contributed by atoms with E-state index in [4.69, 9.17) is 16.3 Å². The van der Waals surface area contributed by atoms with Crippen molar-refractivity contribution >= 4 is 46.3 Å². The average molecular weight is 352 g/mol. The first kappa shape index (κ1) is 17.2. The third kappa shape index (κ3) is 4.64. The lowest BCUT2D eigenvalue weighted by Crippen LogP contribution is -2.29. The second-order valence-electron chi connectivity index (χ2n) is 4.77. The van der Waals surface area contributed by atoms with Crippen molar-refractivity contribution in [3.63, 3.8) is 0 Å². The number of hydrogen-bond acceptors (Lipinski definition) is 5. The Bertz CT molecular complexity index is 739. The van der Waals surface area contributed by atoms with Crippen molar-refractivity contribution in [2.24, 2.45) is 0 Å². The number of anilines is 1. The minimum atomic E-state index is -0.962. The molecule has 0 bridgehead atoms. The first-order chi connectivity index (χ1) is 10.9. The molecule has 0 aliphatic heterocycles. The van der Waals surface area contributed by atoms with E-state index in [1.807, 2.05) is 0 Å². The Morgan fingerprint density at radius 1 is 1.13 bits per heavy atom. The highest BCUT2D eigenvalue weighted by Gasteiger charge is 2.20. The summed E-state index contributed by atoms with van der Waals surface area (Å²) in [6.45, 7) is 2.94. The fourth-order valence-electron chi connectivity index (χ4n) is 1.73. The van der Waals surface area contributed by atoms with Crippen LogP contribution in [0.3, 0.4) is 0 Å². The van der Waals surface area contributed by atoms with E-state index in [2.05, 4.69) is 5.32 Å². The smallest absolute Gasteiger partial charge is 0.349 e. The highest BCUT2D eigenvalue weighted by molar-refractivity contribution is 7.17. The van der Waals surface area contributed by atoms with Crippen molar-refractivity contribution in [2.45, 2.75) is 20.0 Å². The number of carbonyl (C=O) groups excluding carboxylic acids is 3. The van der Waals surface area contributed by atoms with E-state index in [0.717, 1.165) is 11.3 Å². The van der Waals surface area contributed by atoms with E-state index >= 15 is 0 Å². The molecule has 0 radical (unpaired) electrons. The molecule has 23 heavy (non-hydrogen) atoms. The number of ether oxygens (including phenoxy) is 1. The molecule has 1 aromatic carbocycles. The van der Waals surface area contributed by atoms with Crippen LogP contribution in [0.4, 0.5) is 5.69 Å². The molecule has 1 atom stereocenters. The molecule has 0 unspecified atom stereocenters. The van der Waals surface area contributed by atoms with Gasteiger partial charge in [0.25, 0.3) is 5.91 Å². The molecule has 1 heterocycles. The number of rotatable bonds is 5. The van der Waals surface area contributed by atoms with Gasteiger partial charge < -0.3 is 10.1 Å². The minimum absolute atomic E-state index is 0.0558. The SMILES string of the molecule is CC(=O)c1ccc(NC(=O)[C@@H](C)OC(=O)c2ccc(Cl)s2)cc1. The Kier molecular flexibility index (Phi) is 5.52. The minimum Gasteiger partial charge on any atom is -0.448 e. The maximum atomic E-state index is 12.0. The van der Waals surface area contributed by atoms with Crippen molar-refractivity contribution in [2.75, 3.05) is 5.32 Å². The van der Waals surface area contributed by atoms with Crippen LogP contribution in [0.15, 0.2) is 36.4 Å². The summed E-state index contributed by atoms with van der Waals surface area (Å²) in [6, 6.07) is 9.58. The van der Waals surface area contributed by atoms with Gasteiger partial charge in [-0.05, 0) is 50.2 Å². The van der Waals surface area contributed by atoms with Crippen LogP contribution in [0, 0.1) is 0 Å². The monoisotopic (exact) mass is 351 g/mol. The second kappa shape index (κ2) is 7.39. The molecular weight excluding hydrogens is 338 g/mol. The Labute approximate surface area is 142 Å². The molecule has 1 N–H and O–H groups in total. The van der Waals surface area contributed by atoms with Crippen LogP contribution in [0.1, 0.15) is 33.9 Å². The molecule has 7 heteroatoms. The first-order valence-corrected chi connectivity index (χ1v) is 7.94. The average Bonchev–Trinajstić information content (AvgIpc) is 2.94. The van der Waals surface area contributed by atoms with Crippen molar-refractivity contribution in [1.82, 2.24) is 0 Å². The number of halogens is 1. The third-order valence-electron chi connectivity index (χ3n) is 2.99. The molecule has 1 aromatic heterocycles. The van der Waals surface area contributed by atoms with E-state index < -0.39 is 18.0 Å². The summed E-state index contributed by atoms with van der Waals surface area (Å²) in [7, 11) is 0. The Balaban J connectivity index is 1.94. The van der Waals surface area contributed by atoms with Gasteiger partial charge in [-0.15, -0.1) is 11.3 Å². The Morgan fingerprint density at radius 3 is 2.30 bits per heavy atom. The lowest BCUT2D eigenvalue weighted by Gasteiger charge is -2.13. The van der Waals surface area contributed by atoms with Crippen LogP contribution < -0.4 is 5.32 Å². The third-order valence-corrected chi connectivity index (χ3v) is 4.20. The zero-order valence-corrected chi connectivity index (χ0v) is 14.0. The summed E-state index contributed by atoms with van der Waals surface area (Å²) in [4.78, 5) is 35.4. The predicted octanol–water partition coefficient (Wildman–Crippen LogP) is 3.79. The number of carbonyl (C=O) groups is 3. The number of esters is 1. The normalized spacial score (nSPS) is 11.6. The van der Waals surface area contributed by atoms with Crippen molar-refractivity contribution in [3.05, 3.63) is 51.2 Å². The van der Waals surface area contributed by atoms with Gasteiger partial charge in [0.15, 0.2) is 11.9 Å². The lowest BCUT2D eigenvalue weighted by atomic mass is 10.1. The fraction of sp³-hybridized carbons (Fsp3) is 0.188. The van der Waals surface area contributed by atoms with Gasteiger partial charge in [-0.1, -0.05) is 11.6 Å². The number of thiophene rings is 1. The Morgan fingerprint density at radius 2 is 1.78 bits per heavy atom. The quantitative estimate of drug-likeness (QED) is 0.657. The number of nitrogens with one attached hydrogen (secondary N) is 1. The molecule has 0 saturated heterocycles. The van der Waals surface area contributed by atoms with Gasteiger partial charge in [0.2, 0.25) is 0 Å². The van der Waals surface area contributed by atoms with Gasteiger partial charge in [0.1, 0.15) is 4.88 Å². The predicted molar refractivity (Wildman–Crippen MR) is 89.3 cm³/mol. The lowest BCUT2D eigenvalue weighted by molar-refractivity contribution is -0.123. The van der Waals surface area contributed by atoms with Gasteiger partial charge in [-0.3, -0.25) is 9.59 Å². The molecule has 0 aliphatic rings. The summed E-state index contributed by atoms with van der Waals surface area (Å²) in [6.07, 6.45) is -0.962. The van der Waals surface area contributed by atoms with Crippen LogP contribution in [-0.2, 0) is 9.53 Å². The summed E-state index contributed by atoms with van der Waals surface area (Å²) < 4.78 is 5.56. The first-order valence-electron chi connectivity index (χ1n) is 6.75. The van der Waals surface area contributed by atoms with E-state index in [1.165, 1.54) is 13.8 Å². The highest BCUT2D eigenvalue weighted by atomic mass is 35.5. The number of amides is 1. The summed E-state index contributed by atoms with van der Waals surface area (Å²) in [5.41, 5.74) is 1.07. The number of ketones is 1. The largest absolute Gasteiger partial charge is 0.448 e. The number of benzene rings is 1. The molecule has 1 amide bonds. The van der Waals surface area contributed by atoms with Gasteiger partial charge in [0, 0.05) is 11.3 Å². The molecule has 0 aliphatic carbocycles. The zero-order valence-electron chi connectivity index (χ0n) is 12.5. The fourth-order valence-corrected chi connectivity index (χ4v) is 2.65. The van der Waals surface area contributed by atoms with E-state index in [9.17, 15) is 14.4 Å². The maximum Gasteiger partial charge on any atom is 0.349 e. The van der Waals surface area contributed by atoms with Crippen molar-refractivity contribution in [3.8, 4) is 0 Å². The molecular formula is C16H14ClNO4S. The van der Waals surface area contributed by atoms with Gasteiger partial charge in [-0.2, -0.15) is 0 Å². The molecule has 2 rings (SSSR count). The topological polar surface area (TPSA) is 72.5 Å². The molecule has 2 aromatic rings. The van der Waals surface area contributed by atoms with Crippen LogP contribution in [0.5, 0.6) is 0 Å². The van der Waals surface area contributed by atoms with Crippen molar-refractivity contribution in [1.29, 1.82) is 0 Å². The summed E-state index contributed by atoms with van der Waals surface area (Å²) in [5.74, 6) is -1.12. The van der Waals surface area contributed by atoms with Crippen LogP contribution >= 0.6 is 22.9 Å². The molecule has 120 valence electrons. The Hall–Kier alpha value is -2.18. The molecule has 5 nitrogen and oxygen atoms in total. The highest BCUT2D eigenvalue weighted by Crippen LogP contribution is 2.22. The molecule has 0 spiro atoms.